The fourth-order valence-corrected chi connectivity index (χ4v) is 3.82. The Kier molecular flexibility index (Phi) is 4.49. The third-order valence-corrected chi connectivity index (χ3v) is 5.26. The van der Waals surface area contributed by atoms with E-state index in [-0.39, 0.29) is 17.5 Å². The summed E-state index contributed by atoms with van der Waals surface area (Å²) in [5.74, 6) is 1.15. The van der Waals surface area contributed by atoms with Crippen LogP contribution in [0.2, 0.25) is 0 Å². The zero-order chi connectivity index (χ0) is 17.2. The van der Waals surface area contributed by atoms with Crippen molar-refractivity contribution in [1.82, 2.24) is 9.88 Å². The smallest absolute Gasteiger partial charge is 0.166 e. The molecule has 1 atom stereocenters. The molecule has 4 rings (SSSR count). The first-order chi connectivity index (χ1) is 12.2. The molecule has 1 aromatic heterocycles. The van der Waals surface area contributed by atoms with Gasteiger partial charge < -0.3 is 9.64 Å². The molecule has 1 fully saturated rings. The molecule has 130 valence electrons. The lowest BCUT2D eigenvalue weighted by Gasteiger charge is -2.32. The summed E-state index contributed by atoms with van der Waals surface area (Å²) in [5.41, 5.74) is 1.85. The van der Waals surface area contributed by atoms with Gasteiger partial charge in [-0.15, -0.1) is 0 Å². The van der Waals surface area contributed by atoms with Crippen LogP contribution in [0, 0.1) is 11.7 Å². The summed E-state index contributed by atoms with van der Waals surface area (Å²) >= 11 is 0. The van der Waals surface area contributed by atoms with Gasteiger partial charge in [0.2, 0.25) is 0 Å². The number of pyridine rings is 1. The van der Waals surface area contributed by atoms with E-state index in [1.54, 1.807) is 18.3 Å². The maximum Gasteiger partial charge on any atom is 0.166 e. The quantitative estimate of drug-likeness (QED) is 0.801. The molecule has 2 aromatic rings. The van der Waals surface area contributed by atoms with E-state index in [4.69, 9.17) is 4.74 Å². The van der Waals surface area contributed by atoms with Gasteiger partial charge in [-0.05, 0) is 56.3 Å². The highest BCUT2D eigenvalue weighted by molar-refractivity contribution is 5.97. The van der Waals surface area contributed by atoms with Crippen LogP contribution >= 0.6 is 0 Å². The van der Waals surface area contributed by atoms with Crippen LogP contribution in [0.4, 0.5) is 4.39 Å². The Morgan fingerprint density at radius 1 is 1.20 bits per heavy atom. The molecule has 0 bridgehead atoms. The van der Waals surface area contributed by atoms with E-state index in [9.17, 15) is 9.18 Å². The van der Waals surface area contributed by atoms with Crippen molar-refractivity contribution >= 4 is 5.78 Å². The first-order valence-corrected chi connectivity index (χ1v) is 8.79. The molecule has 1 unspecified atom stereocenters. The van der Waals surface area contributed by atoms with Crippen LogP contribution in [0.5, 0.6) is 5.75 Å². The SMILES string of the molecule is O=C(c1ccc(F)cc1)C1CCN(CC2COc3cnccc32)CC1. The fraction of sp³-hybridized carbons (Fsp3) is 0.400. The third-order valence-electron chi connectivity index (χ3n) is 5.26. The van der Waals surface area contributed by atoms with Crippen LogP contribution in [-0.4, -0.2) is 41.9 Å². The fourth-order valence-electron chi connectivity index (χ4n) is 3.82. The molecule has 5 heteroatoms. The van der Waals surface area contributed by atoms with Crippen LogP contribution in [0.3, 0.4) is 0 Å². The maximum absolute atomic E-state index is 13.0. The van der Waals surface area contributed by atoms with E-state index in [2.05, 4.69) is 9.88 Å². The average molecular weight is 340 g/mol. The number of aromatic nitrogens is 1. The lowest BCUT2D eigenvalue weighted by atomic mass is 9.88. The summed E-state index contributed by atoms with van der Waals surface area (Å²) in [6.07, 6.45) is 5.30. The van der Waals surface area contributed by atoms with Gasteiger partial charge in [-0.3, -0.25) is 9.78 Å². The molecule has 2 aliphatic rings. The third kappa shape index (κ3) is 3.42. The molecule has 1 saturated heterocycles. The number of ketones is 1. The summed E-state index contributed by atoms with van der Waals surface area (Å²) in [6, 6.07) is 7.93. The molecule has 2 aliphatic heterocycles. The number of carbonyl (C=O) groups is 1. The Bertz CT molecular complexity index is 755. The number of rotatable bonds is 4. The van der Waals surface area contributed by atoms with E-state index in [0.29, 0.717) is 18.1 Å². The van der Waals surface area contributed by atoms with E-state index >= 15 is 0 Å². The van der Waals surface area contributed by atoms with Crippen molar-refractivity contribution < 1.29 is 13.9 Å². The molecule has 25 heavy (non-hydrogen) atoms. The molecule has 0 spiro atoms. The second-order valence-corrected chi connectivity index (χ2v) is 6.87. The lowest BCUT2D eigenvalue weighted by Crippen LogP contribution is -2.38. The minimum Gasteiger partial charge on any atom is -0.491 e. The number of benzene rings is 1. The van der Waals surface area contributed by atoms with Crippen LogP contribution in [0.25, 0.3) is 0 Å². The predicted octanol–water partition coefficient (Wildman–Crippen LogP) is 3.29. The van der Waals surface area contributed by atoms with Gasteiger partial charge in [-0.2, -0.15) is 0 Å². The second kappa shape index (κ2) is 6.92. The Labute approximate surface area is 146 Å². The number of carbonyl (C=O) groups excluding carboxylic acids is 1. The zero-order valence-electron chi connectivity index (χ0n) is 14.0. The van der Waals surface area contributed by atoms with Gasteiger partial charge in [0, 0.05) is 35.7 Å². The first kappa shape index (κ1) is 16.2. The second-order valence-electron chi connectivity index (χ2n) is 6.87. The minimum absolute atomic E-state index is 0.0398. The molecule has 1 aromatic carbocycles. The minimum atomic E-state index is -0.305. The van der Waals surface area contributed by atoms with E-state index in [1.807, 2.05) is 12.3 Å². The number of halogens is 1. The number of nitrogens with zero attached hydrogens (tertiary/aromatic N) is 2. The zero-order valence-corrected chi connectivity index (χ0v) is 14.0. The predicted molar refractivity (Wildman–Crippen MR) is 92.4 cm³/mol. The molecule has 0 aliphatic carbocycles. The number of hydrogen-bond donors (Lipinski definition) is 0. The van der Waals surface area contributed by atoms with Crippen LogP contribution < -0.4 is 4.74 Å². The highest BCUT2D eigenvalue weighted by Gasteiger charge is 2.30. The molecule has 3 heterocycles. The largest absolute Gasteiger partial charge is 0.491 e. The topological polar surface area (TPSA) is 42.4 Å². The number of likely N-dealkylation sites (tertiary alicyclic amines) is 1. The maximum atomic E-state index is 13.0. The van der Waals surface area contributed by atoms with Crippen molar-refractivity contribution in [3.05, 3.63) is 59.7 Å². The number of ether oxygens (including phenoxy) is 1. The van der Waals surface area contributed by atoms with Crippen LogP contribution in [-0.2, 0) is 0 Å². The molecule has 4 nitrogen and oxygen atoms in total. The Balaban J connectivity index is 1.33. The number of hydrogen-bond acceptors (Lipinski definition) is 4. The Morgan fingerprint density at radius 3 is 2.72 bits per heavy atom. The Hall–Kier alpha value is -2.27. The van der Waals surface area contributed by atoms with Gasteiger partial charge in [-0.25, -0.2) is 4.39 Å². The molecule has 0 amide bonds. The van der Waals surface area contributed by atoms with Gasteiger partial charge in [0.15, 0.2) is 5.78 Å². The monoisotopic (exact) mass is 340 g/mol. The summed E-state index contributed by atoms with van der Waals surface area (Å²) in [7, 11) is 0. The van der Waals surface area contributed by atoms with Crippen molar-refractivity contribution in [2.75, 3.05) is 26.2 Å². The molecular formula is C20H21FN2O2. The van der Waals surface area contributed by atoms with Crippen LogP contribution in [0.15, 0.2) is 42.7 Å². The van der Waals surface area contributed by atoms with Gasteiger partial charge in [0.1, 0.15) is 11.6 Å². The summed E-state index contributed by atoms with van der Waals surface area (Å²) in [4.78, 5) is 19.1. The van der Waals surface area contributed by atoms with Gasteiger partial charge >= 0.3 is 0 Å². The number of piperidine rings is 1. The summed E-state index contributed by atoms with van der Waals surface area (Å²) in [6.45, 7) is 3.48. The van der Waals surface area contributed by atoms with Crippen molar-refractivity contribution in [3.8, 4) is 5.75 Å². The normalized spacial score (nSPS) is 20.9. The summed E-state index contributed by atoms with van der Waals surface area (Å²) in [5, 5.41) is 0. The molecule has 0 radical (unpaired) electrons. The highest BCUT2D eigenvalue weighted by Crippen LogP contribution is 2.34. The number of Topliss-reactive ketones (excluding diaryl/α,β-unsaturated/α-hetero) is 1. The molecule has 0 saturated carbocycles. The van der Waals surface area contributed by atoms with Crippen molar-refractivity contribution in [2.24, 2.45) is 5.92 Å². The standard InChI is InChI=1S/C20H21FN2O2/c21-17-3-1-14(2-4-17)20(24)15-6-9-23(10-7-15)12-16-13-25-19-11-22-8-5-18(16)19/h1-5,8,11,15-16H,6-7,9-10,12-13H2. The Morgan fingerprint density at radius 2 is 1.96 bits per heavy atom. The highest BCUT2D eigenvalue weighted by atomic mass is 19.1. The van der Waals surface area contributed by atoms with Crippen molar-refractivity contribution in [3.63, 3.8) is 0 Å². The van der Waals surface area contributed by atoms with Crippen molar-refractivity contribution in [1.29, 1.82) is 0 Å². The van der Waals surface area contributed by atoms with E-state index in [1.165, 1.54) is 17.7 Å². The van der Waals surface area contributed by atoms with Gasteiger partial charge in [0.05, 0.1) is 12.8 Å². The first-order valence-electron chi connectivity index (χ1n) is 8.79. The van der Waals surface area contributed by atoms with E-state index in [0.717, 1.165) is 38.2 Å². The lowest BCUT2D eigenvalue weighted by molar-refractivity contribution is 0.0832. The van der Waals surface area contributed by atoms with Crippen LogP contribution in [0.1, 0.15) is 34.7 Å². The average Bonchev–Trinajstić information content (AvgIpc) is 3.06. The van der Waals surface area contributed by atoms with E-state index < -0.39 is 0 Å². The summed E-state index contributed by atoms with van der Waals surface area (Å²) < 4.78 is 18.7. The van der Waals surface area contributed by atoms with Gasteiger partial charge in [0.25, 0.3) is 0 Å². The van der Waals surface area contributed by atoms with Gasteiger partial charge in [-0.1, -0.05) is 0 Å². The molecular weight excluding hydrogens is 319 g/mol. The molecule has 0 N–H and O–H groups in total. The van der Waals surface area contributed by atoms with Crippen molar-refractivity contribution in [2.45, 2.75) is 18.8 Å². The number of fused-ring (bicyclic) bond motifs is 1.